The van der Waals surface area contributed by atoms with Gasteiger partial charge in [-0.1, -0.05) is 18.2 Å². The average Bonchev–Trinajstić information content (AvgIpc) is 3.26. The van der Waals surface area contributed by atoms with E-state index < -0.39 is 0 Å². The molecule has 24 heavy (non-hydrogen) atoms. The van der Waals surface area contributed by atoms with E-state index >= 15 is 0 Å². The summed E-state index contributed by atoms with van der Waals surface area (Å²) < 4.78 is 11.1. The fourth-order valence-electron chi connectivity index (χ4n) is 2.14. The summed E-state index contributed by atoms with van der Waals surface area (Å²) in [5, 5.41) is 12.8. The number of hydrogen-bond donors (Lipinski definition) is 1. The highest BCUT2D eigenvalue weighted by molar-refractivity contribution is 7.13. The predicted octanol–water partition coefficient (Wildman–Crippen LogP) is 3.77. The van der Waals surface area contributed by atoms with Crippen molar-refractivity contribution in [2.24, 2.45) is 0 Å². The maximum Gasteiger partial charge on any atom is 0.257 e. The van der Waals surface area contributed by atoms with Gasteiger partial charge in [-0.2, -0.15) is 0 Å². The Morgan fingerprint density at radius 1 is 1.25 bits per heavy atom. The lowest BCUT2D eigenvalue weighted by atomic mass is 10.2. The lowest BCUT2D eigenvalue weighted by Crippen LogP contribution is -2.13. The van der Waals surface area contributed by atoms with E-state index in [0.717, 1.165) is 4.88 Å². The van der Waals surface area contributed by atoms with Crippen LogP contribution in [0.4, 0.5) is 5.69 Å². The second-order valence-corrected chi connectivity index (χ2v) is 5.90. The van der Waals surface area contributed by atoms with E-state index in [1.165, 1.54) is 11.3 Å². The summed E-state index contributed by atoms with van der Waals surface area (Å²) in [5.41, 5.74) is 0.661. The Labute approximate surface area is 143 Å². The summed E-state index contributed by atoms with van der Waals surface area (Å²) in [6, 6.07) is 11.2. The molecule has 0 saturated heterocycles. The molecule has 0 aliphatic rings. The van der Waals surface area contributed by atoms with Crippen LogP contribution in [0.2, 0.25) is 0 Å². The zero-order valence-electron chi connectivity index (χ0n) is 13.2. The Hall–Kier alpha value is -2.67. The highest BCUT2D eigenvalue weighted by Gasteiger charge is 2.12. The van der Waals surface area contributed by atoms with Crippen LogP contribution in [0.15, 0.2) is 46.2 Å². The molecule has 2 heterocycles. The highest BCUT2D eigenvalue weighted by Crippen LogP contribution is 2.25. The molecule has 0 aliphatic heterocycles. The second-order valence-electron chi connectivity index (χ2n) is 4.96. The molecule has 0 fully saturated rings. The molecule has 1 aromatic carbocycles. The molecule has 3 aromatic rings. The first kappa shape index (κ1) is 16.2. The minimum atomic E-state index is -0.127. The molecule has 0 aliphatic carbocycles. The third-order valence-corrected chi connectivity index (χ3v) is 4.08. The molecule has 6 nitrogen and oxygen atoms in total. The van der Waals surface area contributed by atoms with E-state index in [1.807, 2.05) is 48.7 Å². The number of nitrogens with one attached hydrogen (secondary N) is 1. The van der Waals surface area contributed by atoms with E-state index in [0.29, 0.717) is 36.2 Å². The maximum atomic E-state index is 12.1. The largest absolute Gasteiger partial charge is 0.492 e. The van der Waals surface area contributed by atoms with E-state index in [1.54, 1.807) is 0 Å². The van der Waals surface area contributed by atoms with Crippen LogP contribution in [0.25, 0.3) is 10.8 Å². The Morgan fingerprint density at radius 2 is 2.12 bits per heavy atom. The van der Waals surface area contributed by atoms with Gasteiger partial charge in [0.25, 0.3) is 5.89 Å². The highest BCUT2D eigenvalue weighted by atomic mass is 32.1. The molecule has 0 spiro atoms. The fraction of sp³-hybridized carbons (Fsp3) is 0.235. The lowest BCUT2D eigenvalue weighted by molar-refractivity contribution is -0.116. The van der Waals surface area contributed by atoms with Crippen LogP contribution in [0.5, 0.6) is 5.75 Å². The van der Waals surface area contributed by atoms with Gasteiger partial charge >= 0.3 is 0 Å². The van der Waals surface area contributed by atoms with Crippen molar-refractivity contribution in [3.8, 4) is 16.5 Å². The van der Waals surface area contributed by atoms with Gasteiger partial charge < -0.3 is 14.5 Å². The Balaban J connectivity index is 1.56. The number of ether oxygens (including phenoxy) is 1. The average molecular weight is 343 g/mol. The van der Waals surface area contributed by atoms with Gasteiger partial charge in [0.1, 0.15) is 5.75 Å². The van der Waals surface area contributed by atoms with E-state index in [-0.39, 0.29) is 12.3 Å². The molecule has 1 N–H and O–H groups in total. The number of amides is 1. The van der Waals surface area contributed by atoms with Crippen molar-refractivity contribution in [1.29, 1.82) is 0 Å². The van der Waals surface area contributed by atoms with Crippen LogP contribution in [0.3, 0.4) is 0 Å². The topological polar surface area (TPSA) is 77.2 Å². The monoisotopic (exact) mass is 343 g/mol. The zero-order valence-corrected chi connectivity index (χ0v) is 14.0. The van der Waals surface area contributed by atoms with Crippen molar-refractivity contribution in [2.45, 2.75) is 19.8 Å². The number of anilines is 1. The molecule has 124 valence electrons. The van der Waals surface area contributed by atoms with Crippen LogP contribution < -0.4 is 10.1 Å². The second kappa shape index (κ2) is 7.74. The van der Waals surface area contributed by atoms with Crippen molar-refractivity contribution in [2.75, 3.05) is 11.9 Å². The third kappa shape index (κ3) is 3.99. The Morgan fingerprint density at radius 3 is 2.92 bits per heavy atom. The number of hydrogen-bond acceptors (Lipinski definition) is 6. The van der Waals surface area contributed by atoms with Crippen LogP contribution in [0, 0.1) is 0 Å². The molecular weight excluding hydrogens is 326 g/mol. The van der Waals surface area contributed by atoms with Gasteiger partial charge in [0.05, 0.1) is 17.2 Å². The smallest absolute Gasteiger partial charge is 0.257 e. The van der Waals surface area contributed by atoms with Crippen LogP contribution >= 0.6 is 11.3 Å². The number of nitrogens with zero attached hydrogens (tertiary/aromatic N) is 2. The molecule has 0 unspecified atom stereocenters. The minimum Gasteiger partial charge on any atom is -0.492 e. The molecule has 0 radical (unpaired) electrons. The molecule has 7 heteroatoms. The number of thiophene rings is 1. The summed E-state index contributed by atoms with van der Waals surface area (Å²) >= 11 is 1.53. The van der Waals surface area contributed by atoms with Crippen molar-refractivity contribution in [3.05, 3.63) is 47.7 Å². The summed E-state index contributed by atoms with van der Waals surface area (Å²) in [6.45, 7) is 2.44. The minimum absolute atomic E-state index is 0.127. The van der Waals surface area contributed by atoms with Crippen molar-refractivity contribution in [1.82, 2.24) is 10.2 Å². The summed E-state index contributed by atoms with van der Waals surface area (Å²) in [6.07, 6.45) is 0.646. The number of benzene rings is 1. The number of para-hydroxylation sites is 2. The number of aryl methyl sites for hydroxylation is 1. The van der Waals surface area contributed by atoms with Gasteiger partial charge in [-0.25, -0.2) is 0 Å². The summed E-state index contributed by atoms with van der Waals surface area (Å²) in [7, 11) is 0. The predicted molar refractivity (Wildman–Crippen MR) is 92.2 cm³/mol. The molecular formula is C17H17N3O3S. The van der Waals surface area contributed by atoms with Gasteiger partial charge in [0.2, 0.25) is 11.8 Å². The molecule has 0 atom stereocenters. The molecule has 1 amide bonds. The zero-order chi connectivity index (χ0) is 16.8. The fourth-order valence-corrected chi connectivity index (χ4v) is 2.78. The number of rotatable bonds is 7. The summed E-state index contributed by atoms with van der Waals surface area (Å²) in [4.78, 5) is 13.0. The number of carbonyl (C=O) groups is 1. The number of carbonyl (C=O) groups excluding carboxylic acids is 1. The Bertz CT molecular complexity index is 799. The van der Waals surface area contributed by atoms with Crippen LogP contribution in [-0.4, -0.2) is 22.7 Å². The number of aromatic nitrogens is 2. The van der Waals surface area contributed by atoms with E-state index in [9.17, 15) is 4.79 Å². The van der Waals surface area contributed by atoms with Gasteiger partial charge in [-0.15, -0.1) is 21.5 Å². The molecule has 0 saturated carbocycles. The SMILES string of the molecule is CCOc1ccccc1NC(=O)CCc1nnc(-c2cccs2)o1. The maximum absolute atomic E-state index is 12.1. The lowest BCUT2D eigenvalue weighted by Gasteiger charge is -2.10. The Kier molecular flexibility index (Phi) is 5.22. The first-order valence-electron chi connectivity index (χ1n) is 7.64. The van der Waals surface area contributed by atoms with Crippen molar-refractivity contribution >= 4 is 22.9 Å². The van der Waals surface area contributed by atoms with E-state index in [2.05, 4.69) is 15.5 Å². The first-order chi connectivity index (χ1) is 11.8. The first-order valence-corrected chi connectivity index (χ1v) is 8.52. The van der Waals surface area contributed by atoms with Crippen molar-refractivity contribution < 1.29 is 13.9 Å². The van der Waals surface area contributed by atoms with Crippen LogP contribution in [-0.2, 0) is 11.2 Å². The van der Waals surface area contributed by atoms with Gasteiger partial charge in [0.15, 0.2) is 0 Å². The van der Waals surface area contributed by atoms with Crippen LogP contribution in [0.1, 0.15) is 19.2 Å². The third-order valence-electron chi connectivity index (χ3n) is 3.23. The normalized spacial score (nSPS) is 10.5. The van der Waals surface area contributed by atoms with E-state index in [4.69, 9.17) is 9.15 Å². The molecule has 3 rings (SSSR count). The quantitative estimate of drug-likeness (QED) is 0.706. The molecule has 2 aromatic heterocycles. The standard InChI is InChI=1S/C17H17N3O3S/c1-2-22-13-7-4-3-6-12(13)18-15(21)9-10-16-19-20-17(23-16)14-8-5-11-24-14/h3-8,11H,2,9-10H2,1H3,(H,18,21). The van der Waals surface area contributed by atoms with Gasteiger partial charge in [0, 0.05) is 12.8 Å². The van der Waals surface area contributed by atoms with Gasteiger partial charge in [-0.05, 0) is 30.5 Å². The van der Waals surface area contributed by atoms with Crippen molar-refractivity contribution in [3.63, 3.8) is 0 Å². The molecule has 0 bridgehead atoms. The summed E-state index contributed by atoms with van der Waals surface area (Å²) in [5.74, 6) is 1.47. The van der Waals surface area contributed by atoms with Gasteiger partial charge in [-0.3, -0.25) is 4.79 Å².